The molecule has 0 spiro atoms. The van der Waals surface area contributed by atoms with Gasteiger partial charge in [0.15, 0.2) is 0 Å². The fourth-order valence-electron chi connectivity index (χ4n) is 2.72. The summed E-state index contributed by atoms with van der Waals surface area (Å²) in [5, 5.41) is 30.1. The van der Waals surface area contributed by atoms with Crippen LogP contribution in [0.1, 0.15) is 13.3 Å². The Morgan fingerprint density at radius 3 is 3.00 bits per heavy atom. The van der Waals surface area contributed by atoms with E-state index in [1.165, 1.54) is 33.1 Å². The fourth-order valence-corrected chi connectivity index (χ4v) is 5.65. The second-order valence-electron chi connectivity index (χ2n) is 5.33. The number of fused-ring (bicyclic) bond motifs is 1. The summed E-state index contributed by atoms with van der Waals surface area (Å²) in [6.07, 6.45) is 0.400. The maximum absolute atomic E-state index is 11.7. The number of hydrogen-bond donors (Lipinski definition) is 2. The van der Waals surface area contributed by atoms with Crippen LogP contribution in [0.4, 0.5) is 0 Å². The van der Waals surface area contributed by atoms with Crippen LogP contribution in [0.2, 0.25) is 0 Å². The number of aliphatic carboxylic acids is 1. The van der Waals surface area contributed by atoms with Gasteiger partial charge < -0.3 is 15.1 Å². The first-order valence-electron chi connectivity index (χ1n) is 6.68. The van der Waals surface area contributed by atoms with Crippen LogP contribution in [-0.2, 0) is 16.1 Å². The highest BCUT2D eigenvalue weighted by Crippen LogP contribution is 2.52. The second kappa shape index (κ2) is 5.70. The van der Waals surface area contributed by atoms with Crippen LogP contribution in [0, 0.1) is 0 Å². The summed E-state index contributed by atoms with van der Waals surface area (Å²) >= 11 is 2.86. The lowest BCUT2D eigenvalue weighted by molar-refractivity contribution is -0.157. The fraction of sp³-hybridized carbons (Fsp3) is 0.727. The molecule has 3 unspecified atom stereocenters. The number of aliphatic hydroxyl groups is 1. The molecule has 2 N–H and O–H groups in total. The third-order valence-electron chi connectivity index (χ3n) is 3.74. The van der Waals surface area contributed by atoms with E-state index in [0.717, 1.165) is 0 Å². The van der Waals surface area contributed by atoms with Crippen molar-refractivity contribution in [3.8, 4) is 0 Å². The maximum Gasteiger partial charge on any atom is 0.327 e. The van der Waals surface area contributed by atoms with Crippen molar-refractivity contribution in [1.29, 1.82) is 0 Å². The van der Waals surface area contributed by atoms with Crippen molar-refractivity contribution >= 4 is 35.4 Å². The molecule has 1 amide bonds. The molecule has 2 saturated heterocycles. The van der Waals surface area contributed by atoms with Crippen LogP contribution in [-0.4, -0.2) is 75.7 Å². The zero-order chi connectivity index (χ0) is 15.9. The number of carbonyl (C=O) groups is 2. The molecule has 3 rings (SSSR count). The third-order valence-corrected chi connectivity index (χ3v) is 6.79. The van der Waals surface area contributed by atoms with Crippen LogP contribution >= 0.6 is 23.5 Å². The molecule has 22 heavy (non-hydrogen) atoms. The Balaban J connectivity index is 1.74. The van der Waals surface area contributed by atoms with Gasteiger partial charge in [-0.3, -0.25) is 4.79 Å². The highest BCUT2D eigenvalue weighted by atomic mass is 32.2. The van der Waals surface area contributed by atoms with Crippen molar-refractivity contribution in [3.63, 3.8) is 0 Å². The zero-order valence-electron chi connectivity index (χ0n) is 11.7. The van der Waals surface area contributed by atoms with E-state index in [1.54, 1.807) is 0 Å². The molecule has 11 heteroatoms. The summed E-state index contributed by atoms with van der Waals surface area (Å²) in [4.78, 5) is 24.7. The lowest BCUT2D eigenvalue weighted by atomic mass is 9.98. The largest absolute Gasteiger partial charge is 0.480 e. The van der Waals surface area contributed by atoms with E-state index >= 15 is 0 Å². The number of carbonyl (C=O) groups excluding carboxylic acids is 1. The van der Waals surface area contributed by atoms with Gasteiger partial charge in [-0.15, -0.1) is 16.9 Å². The van der Waals surface area contributed by atoms with Gasteiger partial charge in [-0.2, -0.15) is 0 Å². The molecule has 2 fully saturated rings. The third kappa shape index (κ3) is 2.46. The Morgan fingerprint density at radius 2 is 2.36 bits per heavy atom. The molecular formula is C11H15N5O4S2. The lowest BCUT2D eigenvalue weighted by Crippen LogP contribution is -2.57. The van der Waals surface area contributed by atoms with Gasteiger partial charge in [0.25, 0.3) is 0 Å². The van der Waals surface area contributed by atoms with E-state index in [2.05, 4.69) is 15.5 Å². The summed E-state index contributed by atoms with van der Waals surface area (Å²) in [6, 6.07) is -0.835. The number of nitrogens with zero attached hydrogens (tertiary/aromatic N) is 5. The Labute approximate surface area is 134 Å². The molecular weight excluding hydrogens is 330 g/mol. The molecule has 0 saturated carbocycles. The smallest absolute Gasteiger partial charge is 0.327 e. The van der Waals surface area contributed by atoms with Crippen LogP contribution in [0.3, 0.4) is 0 Å². The first kappa shape index (κ1) is 15.6. The van der Waals surface area contributed by atoms with Gasteiger partial charge in [0, 0.05) is 5.75 Å². The topological polar surface area (TPSA) is 121 Å². The minimum atomic E-state index is -0.985. The van der Waals surface area contributed by atoms with Crippen LogP contribution < -0.4 is 0 Å². The van der Waals surface area contributed by atoms with E-state index in [9.17, 15) is 14.7 Å². The maximum atomic E-state index is 11.7. The SMILES string of the molecule is CC1(CSc2nnnn2CCO)SC2CC(=O)N2C1C(=O)O. The molecule has 0 bridgehead atoms. The van der Waals surface area contributed by atoms with Gasteiger partial charge in [0.2, 0.25) is 11.1 Å². The number of tetrazole rings is 1. The van der Waals surface area contributed by atoms with Gasteiger partial charge in [-0.25, -0.2) is 9.48 Å². The molecule has 120 valence electrons. The van der Waals surface area contributed by atoms with Crippen molar-refractivity contribution in [2.75, 3.05) is 12.4 Å². The summed E-state index contributed by atoms with van der Waals surface area (Å²) < 4.78 is 0.868. The summed E-state index contributed by atoms with van der Waals surface area (Å²) in [6.45, 7) is 2.07. The van der Waals surface area contributed by atoms with E-state index in [1.807, 2.05) is 6.92 Å². The number of aromatic nitrogens is 4. The Kier molecular flexibility index (Phi) is 4.03. The number of rotatable bonds is 6. The van der Waals surface area contributed by atoms with Gasteiger partial charge in [-0.05, 0) is 17.4 Å². The monoisotopic (exact) mass is 345 g/mol. The Hall–Kier alpha value is -1.33. The highest BCUT2D eigenvalue weighted by Gasteiger charge is 2.60. The number of aliphatic hydroxyl groups excluding tert-OH is 1. The van der Waals surface area contributed by atoms with Gasteiger partial charge in [0.1, 0.15) is 6.04 Å². The molecule has 2 aliphatic heterocycles. The second-order valence-corrected chi connectivity index (χ2v) is 7.98. The van der Waals surface area contributed by atoms with Crippen molar-refractivity contribution in [3.05, 3.63) is 0 Å². The van der Waals surface area contributed by atoms with E-state index < -0.39 is 16.8 Å². The quantitative estimate of drug-likeness (QED) is 0.508. The molecule has 1 aromatic rings. The number of thioether (sulfide) groups is 2. The Morgan fingerprint density at radius 1 is 1.59 bits per heavy atom. The van der Waals surface area contributed by atoms with Gasteiger partial charge >= 0.3 is 5.97 Å². The summed E-state index contributed by atoms with van der Waals surface area (Å²) in [7, 11) is 0. The molecule has 0 radical (unpaired) electrons. The van der Waals surface area contributed by atoms with Crippen LogP contribution in [0.25, 0.3) is 0 Å². The number of hydrogen-bond acceptors (Lipinski definition) is 8. The van der Waals surface area contributed by atoms with Crippen molar-refractivity contribution in [1.82, 2.24) is 25.1 Å². The minimum absolute atomic E-state index is 0.0485. The molecule has 3 atom stereocenters. The predicted octanol–water partition coefficient (Wildman–Crippen LogP) is -0.725. The summed E-state index contributed by atoms with van der Waals surface area (Å²) in [5.74, 6) is -0.634. The molecule has 3 heterocycles. The number of β-lactam (4-membered cyclic amide) rings is 1. The minimum Gasteiger partial charge on any atom is -0.480 e. The van der Waals surface area contributed by atoms with E-state index in [0.29, 0.717) is 17.3 Å². The predicted molar refractivity (Wildman–Crippen MR) is 78.3 cm³/mol. The van der Waals surface area contributed by atoms with Gasteiger partial charge in [-0.1, -0.05) is 11.8 Å². The molecule has 0 aliphatic carbocycles. The highest BCUT2D eigenvalue weighted by molar-refractivity contribution is 8.04. The van der Waals surface area contributed by atoms with Crippen LogP contribution in [0.15, 0.2) is 5.16 Å². The average molecular weight is 345 g/mol. The normalized spacial score (nSPS) is 30.3. The first-order chi connectivity index (χ1) is 10.5. The summed E-state index contributed by atoms with van der Waals surface area (Å²) in [5.41, 5.74) is 0. The lowest BCUT2D eigenvalue weighted by Gasteiger charge is -2.36. The first-order valence-corrected chi connectivity index (χ1v) is 8.54. The van der Waals surface area contributed by atoms with Crippen molar-refractivity contribution in [2.45, 2.75) is 41.2 Å². The van der Waals surface area contributed by atoms with Gasteiger partial charge in [0.05, 0.1) is 29.7 Å². The number of carboxylic acid groups (broad SMARTS) is 1. The van der Waals surface area contributed by atoms with E-state index in [4.69, 9.17) is 5.11 Å². The molecule has 0 aromatic carbocycles. The average Bonchev–Trinajstić information content (AvgIpc) is 2.98. The number of carboxylic acids is 1. The zero-order valence-corrected chi connectivity index (χ0v) is 13.4. The van der Waals surface area contributed by atoms with Crippen molar-refractivity contribution in [2.24, 2.45) is 0 Å². The molecule has 1 aromatic heterocycles. The molecule has 2 aliphatic rings. The Bertz CT molecular complexity index is 611. The molecule has 9 nitrogen and oxygen atoms in total. The standard InChI is InChI=1S/C11H15N5O4S2/c1-11(5-21-10-12-13-14-15(10)2-3-17)8(9(19)20)16-6(18)4-7(16)22-11/h7-8,17H,2-5H2,1H3,(H,19,20). The van der Waals surface area contributed by atoms with Crippen LogP contribution in [0.5, 0.6) is 0 Å². The van der Waals surface area contributed by atoms with Crippen molar-refractivity contribution < 1.29 is 19.8 Å². The van der Waals surface area contributed by atoms with E-state index in [-0.39, 0.29) is 24.4 Å². The number of amides is 1.